The van der Waals surface area contributed by atoms with Crippen molar-refractivity contribution in [1.29, 1.82) is 0 Å². The van der Waals surface area contributed by atoms with Gasteiger partial charge in [0.1, 0.15) is 5.82 Å². The average Bonchev–Trinajstić information content (AvgIpc) is 2.84. The molecule has 3 rings (SSSR count). The van der Waals surface area contributed by atoms with Crippen molar-refractivity contribution in [3.63, 3.8) is 0 Å². The highest BCUT2D eigenvalue weighted by Gasteiger charge is 2.10. The van der Waals surface area contributed by atoms with Gasteiger partial charge < -0.3 is 5.32 Å². The van der Waals surface area contributed by atoms with E-state index < -0.39 is 0 Å². The van der Waals surface area contributed by atoms with Crippen LogP contribution in [0.4, 0.5) is 5.82 Å². The molecule has 0 aliphatic heterocycles. The predicted molar refractivity (Wildman–Crippen MR) is 79.7 cm³/mol. The Morgan fingerprint density at radius 1 is 1.16 bits per heavy atom. The molecule has 1 aromatic carbocycles. The first-order valence-electron chi connectivity index (χ1n) is 6.06. The van der Waals surface area contributed by atoms with Crippen molar-refractivity contribution in [3.8, 4) is 10.7 Å². The quantitative estimate of drug-likeness (QED) is 0.775. The Morgan fingerprint density at radius 3 is 2.68 bits per heavy atom. The molecule has 0 bridgehead atoms. The Morgan fingerprint density at radius 2 is 2.00 bits per heavy atom. The van der Waals surface area contributed by atoms with E-state index in [1.165, 1.54) is 5.56 Å². The smallest absolute Gasteiger partial charge is 0.173 e. The molecule has 0 atom stereocenters. The Balaban J connectivity index is 2.25. The molecule has 0 saturated heterocycles. The number of nitrogens with zero attached hydrogens (tertiary/aromatic N) is 3. The maximum atomic E-state index is 4.63. The lowest BCUT2D eigenvalue weighted by atomic mass is 10.1. The summed E-state index contributed by atoms with van der Waals surface area (Å²) < 4.78 is 0. The molecule has 96 valence electrons. The van der Waals surface area contributed by atoms with Gasteiger partial charge in [0.2, 0.25) is 0 Å². The van der Waals surface area contributed by atoms with Gasteiger partial charge in [-0.25, -0.2) is 15.0 Å². The second kappa shape index (κ2) is 4.59. The second-order valence-corrected chi connectivity index (χ2v) is 5.64. The zero-order chi connectivity index (χ0) is 13.4. The fourth-order valence-corrected chi connectivity index (χ4v) is 2.72. The van der Waals surface area contributed by atoms with Crippen molar-refractivity contribution in [1.82, 2.24) is 15.0 Å². The van der Waals surface area contributed by atoms with Crippen LogP contribution >= 0.6 is 11.3 Å². The van der Waals surface area contributed by atoms with Crippen molar-refractivity contribution in [2.45, 2.75) is 13.8 Å². The molecular formula is C14H14N4S. The minimum atomic E-state index is 0.728. The maximum absolute atomic E-state index is 4.63. The lowest BCUT2D eigenvalue weighted by molar-refractivity contribution is 1.21. The van der Waals surface area contributed by atoms with Crippen LogP contribution in [-0.4, -0.2) is 22.0 Å². The van der Waals surface area contributed by atoms with Gasteiger partial charge >= 0.3 is 0 Å². The van der Waals surface area contributed by atoms with Gasteiger partial charge in [0, 0.05) is 18.6 Å². The number of aromatic nitrogens is 3. The lowest BCUT2D eigenvalue weighted by Crippen LogP contribution is -1.98. The van der Waals surface area contributed by atoms with E-state index in [0.717, 1.165) is 32.4 Å². The third-order valence-electron chi connectivity index (χ3n) is 2.93. The molecule has 0 amide bonds. The van der Waals surface area contributed by atoms with Crippen molar-refractivity contribution in [2.24, 2.45) is 0 Å². The van der Waals surface area contributed by atoms with Crippen molar-refractivity contribution in [2.75, 3.05) is 12.4 Å². The average molecular weight is 270 g/mol. The summed E-state index contributed by atoms with van der Waals surface area (Å²) in [6, 6.07) is 6.20. The zero-order valence-electron chi connectivity index (χ0n) is 11.1. The Hall–Kier alpha value is -2.01. The minimum absolute atomic E-state index is 0.728. The number of nitrogens with one attached hydrogen (secondary N) is 1. The molecule has 0 saturated carbocycles. The summed E-state index contributed by atoms with van der Waals surface area (Å²) in [6.45, 7) is 4.05. The largest absolute Gasteiger partial charge is 0.373 e. The molecular weight excluding hydrogens is 256 g/mol. The van der Waals surface area contributed by atoms with Crippen LogP contribution in [0.1, 0.15) is 10.6 Å². The first kappa shape index (κ1) is 12.0. The maximum Gasteiger partial charge on any atom is 0.173 e. The molecule has 0 radical (unpaired) electrons. The highest BCUT2D eigenvalue weighted by molar-refractivity contribution is 7.14. The molecule has 5 heteroatoms. The number of aryl methyl sites for hydroxylation is 2. The summed E-state index contributed by atoms with van der Waals surface area (Å²) in [4.78, 5) is 14.5. The normalized spacial score (nSPS) is 10.9. The van der Waals surface area contributed by atoms with Crippen molar-refractivity contribution >= 4 is 28.1 Å². The number of anilines is 1. The fraction of sp³-hybridized carbons (Fsp3) is 0.214. The molecule has 3 aromatic rings. The van der Waals surface area contributed by atoms with E-state index in [-0.39, 0.29) is 0 Å². The van der Waals surface area contributed by atoms with Gasteiger partial charge in [-0.1, -0.05) is 11.6 Å². The fourth-order valence-electron chi connectivity index (χ4n) is 2.01. The first-order chi connectivity index (χ1) is 9.17. The van der Waals surface area contributed by atoms with E-state index >= 15 is 0 Å². The number of hydrogen-bond donors (Lipinski definition) is 1. The van der Waals surface area contributed by atoms with Gasteiger partial charge in [0.05, 0.1) is 15.4 Å². The van der Waals surface area contributed by atoms with Crippen LogP contribution in [0.2, 0.25) is 0 Å². The topological polar surface area (TPSA) is 50.7 Å². The third kappa shape index (κ3) is 2.17. The number of benzene rings is 1. The zero-order valence-corrected chi connectivity index (χ0v) is 11.9. The second-order valence-electron chi connectivity index (χ2n) is 4.41. The summed E-state index contributed by atoms with van der Waals surface area (Å²) in [5.41, 5.74) is 2.15. The van der Waals surface area contributed by atoms with Crippen LogP contribution in [0.5, 0.6) is 0 Å². The lowest BCUT2D eigenvalue weighted by Gasteiger charge is -2.07. The van der Waals surface area contributed by atoms with Crippen LogP contribution in [-0.2, 0) is 0 Å². The summed E-state index contributed by atoms with van der Waals surface area (Å²) in [6.07, 6.45) is 1.83. The third-order valence-corrected chi connectivity index (χ3v) is 3.84. The Kier molecular flexibility index (Phi) is 2.91. The number of hydrogen-bond acceptors (Lipinski definition) is 5. The molecule has 1 N–H and O–H groups in total. The first-order valence-corrected chi connectivity index (χ1v) is 6.88. The highest BCUT2D eigenvalue weighted by Crippen LogP contribution is 2.28. The molecule has 0 unspecified atom stereocenters. The van der Waals surface area contributed by atoms with E-state index in [1.54, 1.807) is 11.3 Å². The summed E-state index contributed by atoms with van der Waals surface area (Å²) in [5, 5.41) is 5.22. The highest BCUT2D eigenvalue weighted by atomic mass is 32.1. The summed E-state index contributed by atoms with van der Waals surface area (Å²) >= 11 is 1.61. The van der Waals surface area contributed by atoms with Gasteiger partial charge in [0.25, 0.3) is 0 Å². The van der Waals surface area contributed by atoms with Crippen LogP contribution < -0.4 is 5.32 Å². The van der Waals surface area contributed by atoms with Crippen molar-refractivity contribution < 1.29 is 0 Å². The van der Waals surface area contributed by atoms with Crippen LogP contribution in [0.25, 0.3) is 21.6 Å². The molecule has 4 nitrogen and oxygen atoms in total. The molecule has 0 aliphatic carbocycles. The van der Waals surface area contributed by atoms with E-state index in [2.05, 4.69) is 39.3 Å². The van der Waals surface area contributed by atoms with E-state index in [1.807, 2.05) is 26.2 Å². The van der Waals surface area contributed by atoms with E-state index in [0.29, 0.717) is 0 Å². The molecule has 2 aromatic heterocycles. The van der Waals surface area contributed by atoms with Gasteiger partial charge in [-0.05, 0) is 26.0 Å². The van der Waals surface area contributed by atoms with Gasteiger partial charge in [-0.2, -0.15) is 0 Å². The minimum Gasteiger partial charge on any atom is -0.373 e. The monoisotopic (exact) mass is 270 g/mol. The van der Waals surface area contributed by atoms with Crippen LogP contribution in [0, 0.1) is 13.8 Å². The standard InChI is InChI=1S/C14H14N4S/c1-8-4-5-11-10(6-8)13(15-3)18-14(17-11)12-7-16-9(2)19-12/h4-7H,1-3H3,(H,15,17,18). The van der Waals surface area contributed by atoms with Gasteiger partial charge in [-0.3, -0.25) is 0 Å². The van der Waals surface area contributed by atoms with Crippen LogP contribution in [0.3, 0.4) is 0 Å². The van der Waals surface area contributed by atoms with E-state index in [4.69, 9.17) is 0 Å². The summed E-state index contributed by atoms with van der Waals surface area (Å²) in [5.74, 6) is 1.58. The van der Waals surface area contributed by atoms with Gasteiger partial charge in [0.15, 0.2) is 5.82 Å². The predicted octanol–water partition coefficient (Wildman–Crippen LogP) is 3.41. The molecule has 0 aliphatic rings. The number of thiazole rings is 1. The molecule has 0 fully saturated rings. The molecule has 0 spiro atoms. The number of fused-ring (bicyclic) bond motifs is 1. The SMILES string of the molecule is CNc1nc(-c2cnc(C)s2)nc2ccc(C)cc12. The Labute approximate surface area is 115 Å². The molecule has 2 heterocycles. The van der Waals surface area contributed by atoms with Crippen molar-refractivity contribution in [3.05, 3.63) is 35.0 Å². The van der Waals surface area contributed by atoms with Gasteiger partial charge in [-0.15, -0.1) is 11.3 Å². The summed E-state index contributed by atoms with van der Waals surface area (Å²) in [7, 11) is 1.88. The number of rotatable bonds is 2. The molecule has 19 heavy (non-hydrogen) atoms. The Bertz CT molecular complexity index is 748. The van der Waals surface area contributed by atoms with E-state index in [9.17, 15) is 0 Å². The van der Waals surface area contributed by atoms with Crippen LogP contribution in [0.15, 0.2) is 24.4 Å².